The van der Waals surface area contributed by atoms with Crippen LogP contribution in [0.1, 0.15) is 27.3 Å². The lowest BCUT2D eigenvalue weighted by Crippen LogP contribution is -2.26. The summed E-state index contributed by atoms with van der Waals surface area (Å²) in [5.41, 5.74) is 2.33. The van der Waals surface area contributed by atoms with Gasteiger partial charge in [0.05, 0.1) is 12.1 Å². The smallest absolute Gasteiger partial charge is 0.348 e. The van der Waals surface area contributed by atoms with E-state index in [4.69, 9.17) is 5.11 Å². The quantitative estimate of drug-likeness (QED) is 0.907. The van der Waals surface area contributed by atoms with Crippen LogP contribution in [-0.4, -0.2) is 20.6 Å². The first-order chi connectivity index (χ1) is 8.97. The molecule has 1 N–H and O–H groups in total. The molecule has 19 heavy (non-hydrogen) atoms. The van der Waals surface area contributed by atoms with E-state index < -0.39 is 5.97 Å². The monoisotopic (exact) mass is 258 g/mol. The number of nitrogens with zero attached hydrogens (tertiary/aromatic N) is 2. The van der Waals surface area contributed by atoms with Crippen LogP contribution in [0.2, 0.25) is 0 Å². The van der Waals surface area contributed by atoms with E-state index in [1.165, 1.54) is 12.1 Å². The lowest BCUT2D eigenvalue weighted by molar-refractivity contribution is 0.0697. The molecule has 0 atom stereocenters. The average molecular weight is 258 g/mol. The van der Waals surface area contributed by atoms with Gasteiger partial charge in [-0.15, -0.1) is 0 Å². The summed E-state index contributed by atoms with van der Waals surface area (Å²) in [4.78, 5) is 26.4. The Balaban J connectivity index is 2.31. The van der Waals surface area contributed by atoms with Gasteiger partial charge in [0.1, 0.15) is 0 Å². The van der Waals surface area contributed by atoms with Gasteiger partial charge in [-0.1, -0.05) is 12.1 Å². The summed E-state index contributed by atoms with van der Waals surface area (Å²) >= 11 is 0. The predicted octanol–water partition coefficient (Wildman–Crippen LogP) is 1.61. The SMILES string of the molecule is Cc1cc(C)n(Cc2ccc(C(=O)O)cc2)c(=O)n1. The number of carboxylic acid groups (broad SMARTS) is 1. The van der Waals surface area contributed by atoms with Gasteiger partial charge in [-0.3, -0.25) is 4.57 Å². The second-order valence-electron chi connectivity index (χ2n) is 4.41. The van der Waals surface area contributed by atoms with Crippen LogP contribution in [0.4, 0.5) is 0 Å². The molecule has 0 amide bonds. The number of carboxylic acids is 1. The van der Waals surface area contributed by atoms with Crippen molar-refractivity contribution < 1.29 is 9.90 Å². The number of aromatic carboxylic acids is 1. The largest absolute Gasteiger partial charge is 0.478 e. The van der Waals surface area contributed by atoms with Gasteiger partial charge in [0.15, 0.2) is 0 Å². The first-order valence-corrected chi connectivity index (χ1v) is 5.84. The van der Waals surface area contributed by atoms with Crippen molar-refractivity contribution in [1.29, 1.82) is 0 Å². The van der Waals surface area contributed by atoms with Gasteiger partial charge < -0.3 is 5.11 Å². The summed E-state index contributed by atoms with van der Waals surface area (Å²) in [6.07, 6.45) is 0. The van der Waals surface area contributed by atoms with Crippen molar-refractivity contribution in [1.82, 2.24) is 9.55 Å². The lowest BCUT2D eigenvalue weighted by Gasteiger charge is -2.09. The Hall–Kier alpha value is -2.43. The molecule has 0 bridgehead atoms. The Bertz CT molecular complexity index is 672. The van der Waals surface area contributed by atoms with Gasteiger partial charge in [0.25, 0.3) is 0 Å². The molecule has 2 aromatic rings. The normalized spacial score (nSPS) is 10.4. The topological polar surface area (TPSA) is 72.2 Å². The molecular weight excluding hydrogens is 244 g/mol. The van der Waals surface area contributed by atoms with Gasteiger partial charge in [-0.2, -0.15) is 4.98 Å². The van der Waals surface area contributed by atoms with Gasteiger partial charge in [0, 0.05) is 11.4 Å². The maximum Gasteiger partial charge on any atom is 0.348 e. The number of hydrogen-bond acceptors (Lipinski definition) is 3. The number of benzene rings is 1. The Morgan fingerprint density at radius 1 is 1.26 bits per heavy atom. The summed E-state index contributed by atoms with van der Waals surface area (Å²) in [7, 11) is 0. The molecule has 0 fully saturated rings. The van der Waals surface area contributed by atoms with Crippen LogP contribution in [0.3, 0.4) is 0 Å². The van der Waals surface area contributed by atoms with E-state index in [2.05, 4.69) is 4.98 Å². The third-order valence-electron chi connectivity index (χ3n) is 2.89. The average Bonchev–Trinajstić information content (AvgIpc) is 2.34. The number of rotatable bonds is 3. The van der Waals surface area contributed by atoms with Crippen molar-refractivity contribution in [2.24, 2.45) is 0 Å². The number of carbonyl (C=O) groups is 1. The number of hydrogen-bond donors (Lipinski definition) is 1. The van der Waals surface area contributed by atoms with E-state index in [0.717, 1.165) is 11.3 Å². The summed E-state index contributed by atoms with van der Waals surface area (Å²) in [5, 5.41) is 8.82. The molecule has 1 aromatic carbocycles. The summed E-state index contributed by atoms with van der Waals surface area (Å²) in [6, 6.07) is 8.30. The van der Waals surface area contributed by atoms with Crippen molar-refractivity contribution in [2.75, 3.05) is 0 Å². The Labute approximate surface area is 110 Å². The van der Waals surface area contributed by atoms with Crippen LogP contribution in [0.5, 0.6) is 0 Å². The first kappa shape index (κ1) is 13.0. The molecule has 5 nitrogen and oxygen atoms in total. The molecule has 0 aliphatic carbocycles. The molecule has 0 saturated carbocycles. The van der Waals surface area contributed by atoms with Crippen molar-refractivity contribution in [3.05, 3.63) is 63.3 Å². The van der Waals surface area contributed by atoms with Crippen molar-refractivity contribution in [3.8, 4) is 0 Å². The number of aryl methyl sites for hydroxylation is 2. The van der Waals surface area contributed by atoms with E-state index in [-0.39, 0.29) is 11.3 Å². The van der Waals surface area contributed by atoms with Gasteiger partial charge in [-0.25, -0.2) is 9.59 Å². The molecule has 2 rings (SSSR count). The molecule has 0 radical (unpaired) electrons. The Kier molecular flexibility index (Phi) is 3.46. The minimum absolute atomic E-state index is 0.231. The van der Waals surface area contributed by atoms with E-state index in [1.807, 2.05) is 13.0 Å². The summed E-state index contributed by atoms with van der Waals surface area (Å²) < 4.78 is 1.56. The minimum Gasteiger partial charge on any atom is -0.478 e. The number of aromatic nitrogens is 2. The zero-order valence-electron chi connectivity index (χ0n) is 10.8. The molecule has 1 heterocycles. The standard InChI is InChI=1S/C14H14N2O3/c1-9-7-10(2)16(14(19)15-9)8-11-3-5-12(6-4-11)13(17)18/h3-7H,8H2,1-2H3,(H,17,18). The molecule has 0 aliphatic heterocycles. The molecule has 5 heteroatoms. The van der Waals surface area contributed by atoms with Gasteiger partial charge >= 0.3 is 11.7 Å². The summed E-state index contributed by atoms with van der Waals surface area (Å²) in [5.74, 6) is -0.961. The molecule has 98 valence electrons. The molecular formula is C14H14N2O3. The fraction of sp³-hybridized carbons (Fsp3) is 0.214. The van der Waals surface area contributed by atoms with Crippen LogP contribution in [-0.2, 0) is 6.54 Å². The molecule has 1 aromatic heterocycles. The van der Waals surface area contributed by atoms with Crippen LogP contribution >= 0.6 is 0 Å². The van der Waals surface area contributed by atoms with Crippen LogP contribution in [0, 0.1) is 13.8 Å². The molecule has 0 spiro atoms. The van der Waals surface area contributed by atoms with Gasteiger partial charge in [0.2, 0.25) is 0 Å². The van der Waals surface area contributed by atoms with Crippen LogP contribution in [0.25, 0.3) is 0 Å². The van der Waals surface area contributed by atoms with Crippen molar-refractivity contribution in [2.45, 2.75) is 20.4 Å². The van der Waals surface area contributed by atoms with Gasteiger partial charge in [-0.05, 0) is 37.6 Å². The van der Waals surface area contributed by atoms with Crippen LogP contribution in [0.15, 0.2) is 35.1 Å². The van der Waals surface area contributed by atoms with Crippen molar-refractivity contribution >= 4 is 5.97 Å². The molecule has 0 aliphatic rings. The third-order valence-corrected chi connectivity index (χ3v) is 2.89. The van der Waals surface area contributed by atoms with Crippen molar-refractivity contribution in [3.63, 3.8) is 0 Å². The van der Waals surface area contributed by atoms with E-state index in [1.54, 1.807) is 23.6 Å². The fourth-order valence-electron chi connectivity index (χ4n) is 1.90. The summed E-state index contributed by atoms with van der Waals surface area (Å²) in [6.45, 7) is 4.01. The Morgan fingerprint density at radius 2 is 1.89 bits per heavy atom. The first-order valence-electron chi connectivity index (χ1n) is 5.84. The third kappa shape index (κ3) is 2.88. The predicted molar refractivity (Wildman–Crippen MR) is 70.5 cm³/mol. The highest BCUT2D eigenvalue weighted by atomic mass is 16.4. The zero-order chi connectivity index (χ0) is 14.0. The Morgan fingerprint density at radius 3 is 2.42 bits per heavy atom. The lowest BCUT2D eigenvalue weighted by atomic mass is 10.1. The highest BCUT2D eigenvalue weighted by Gasteiger charge is 2.05. The maximum absolute atomic E-state index is 11.8. The fourth-order valence-corrected chi connectivity index (χ4v) is 1.90. The van der Waals surface area contributed by atoms with E-state index in [9.17, 15) is 9.59 Å². The van der Waals surface area contributed by atoms with E-state index >= 15 is 0 Å². The zero-order valence-corrected chi connectivity index (χ0v) is 10.8. The van der Waals surface area contributed by atoms with E-state index in [0.29, 0.717) is 12.2 Å². The second kappa shape index (κ2) is 5.06. The second-order valence-corrected chi connectivity index (χ2v) is 4.41. The molecule has 0 saturated heterocycles. The molecule has 0 unspecified atom stereocenters. The van der Waals surface area contributed by atoms with Crippen LogP contribution < -0.4 is 5.69 Å². The highest BCUT2D eigenvalue weighted by molar-refractivity contribution is 5.87. The minimum atomic E-state index is -0.961. The maximum atomic E-state index is 11.8. The highest BCUT2D eigenvalue weighted by Crippen LogP contribution is 2.07.